The van der Waals surface area contributed by atoms with Crippen molar-refractivity contribution in [2.45, 2.75) is 76.2 Å². The van der Waals surface area contributed by atoms with E-state index in [-0.39, 0.29) is 5.54 Å². The zero-order valence-corrected chi connectivity index (χ0v) is 11.9. The van der Waals surface area contributed by atoms with Gasteiger partial charge >= 0.3 is 0 Å². The maximum Gasteiger partial charge on any atom is 0.0166 e. The van der Waals surface area contributed by atoms with Gasteiger partial charge in [0.1, 0.15) is 0 Å². The van der Waals surface area contributed by atoms with Crippen molar-refractivity contribution in [2.24, 2.45) is 11.1 Å². The summed E-state index contributed by atoms with van der Waals surface area (Å²) >= 11 is 0. The van der Waals surface area contributed by atoms with Gasteiger partial charge in [0.05, 0.1) is 0 Å². The molecule has 1 spiro atoms. The first kappa shape index (κ1) is 12.9. The Morgan fingerprint density at radius 2 is 1.33 bits per heavy atom. The summed E-state index contributed by atoms with van der Waals surface area (Å²) in [6.45, 7) is 3.94. The van der Waals surface area contributed by atoms with E-state index in [1.807, 2.05) is 0 Å². The third-order valence-electron chi connectivity index (χ3n) is 6.11. The molecule has 0 radical (unpaired) electrons. The zero-order valence-electron chi connectivity index (χ0n) is 11.9. The van der Waals surface area contributed by atoms with E-state index in [4.69, 9.17) is 5.73 Å². The summed E-state index contributed by atoms with van der Waals surface area (Å²) in [5.74, 6) is 0. The average molecular weight is 250 g/mol. The van der Waals surface area contributed by atoms with Crippen LogP contribution in [0, 0.1) is 5.41 Å². The van der Waals surface area contributed by atoms with Crippen LogP contribution < -0.4 is 5.73 Å². The molecule has 0 aromatic heterocycles. The van der Waals surface area contributed by atoms with Gasteiger partial charge in [0.2, 0.25) is 0 Å². The summed E-state index contributed by atoms with van der Waals surface area (Å²) in [4.78, 5) is 2.69. The van der Waals surface area contributed by atoms with Gasteiger partial charge in [-0.3, -0.25) is 0 Å². The first-order chi connectivity index (χ1) is 8.70. The molecular formula is C16H30N2. The van der Waals surface area contributed by atoms with Crippen LogP contribution in [-0.2, 0) is 0 Å². The molecule has 2 aliphatic carbocycles. The van der Waals surface area contributed by atoms with E-state index < -0.39 is 0 Å². The van der Waals surface area contributed by atoms with Crippen LogP contribution in [0.2, 0.25) is 0 Å². The number of likely N-dealkylation sites (tertiary alicyclic amines) is 1. The summed E-state index contributed by atoms with van der Waals surface area (Å²) < 4.78 is 0. The minimum atomic E-state index is 0.197. The molecule has 3 aliphatic rings. The van der Waals surface area contributed by atoms with Gasteiger partial charge in [-0.25, -0.2) is 0 Å². The highest BCUT2D eigenvalue weighted by Crippen LogP contribution is 2.46. The minimum Gasteiger partial charge on any atom is -0.325 e. The second-order valence-corrected chi connectivity index (χ2v) is 7.37. The van der Waals surface area contributed by atoms with Gasteiger partial charge in [-0.1, -0.05) is 25.7 Å². The number of nitrogens with zero attached hydrogens (tertiary/aromatic N) is 1. The molecule has 0 amide bonds. The summed E-state index contributed by atoms with van der Waals surface area (Å²) in [5, 5.41) is 0. The molecule has 0 aromatic rings. The Morgan fingerprint density at radius 1 is 0.778 bits per heavy atom. The number of hydrogen-bond donors (Lipinski definition) is 1. The molecule has 2 saturated carbocycles. The molecule has 2 nitrogen and oxygen atoms in total. The van der Waals surface area contributed by atoms with E-state index in [9.17, 15) is 0 Å². The minimum absolute atomic E-state index is 0.197. The van der Waals surface area contributed by atoms with Crippen LogP contribution in [0.4, 0.5) is 0 Å². The molecule has 18 heavy (non-hydrogen) atoms. The lowest BCUT2D eigenvalue weighted by atomic mass is 9.77. The van der Waals surface area contributed by atoms with Crippen molar-refractivity contribution in [1.82, 2.24) is 4.90 Å². The average Bonchev–Trinajstić information content (AvgIpc) is 3.00. The molecule has 1 heterocycles. The second kappa shape index (κ2) is 5.13. The van der Waals surface area contributed by atoms with Gasteiger partial charge in [-0.15, -0.1) is 0 Å². The van der Waals surface area contributed by atoms with Gasteiger partial charge in [0, 0.05) is 5.54 Å². The molecule has 1 saturated heterocycles. The number of nitrogens with two attached hydrogens (primary N) is 1. The first-order valence-electron chi connectivity index (χ1n) is 8.21. The molecule has 0 atom stereocenters. The molecule has 3 rings (SSSR count). The summed E-state index contributed by atoms with van der Waals surface area (Å²) in [5.41, 5.74) is 7.43. The maximum absolute atomic E-state index is 6.47. The van der Waals surface area contributed by atoms with Crippen LogP contribution in [0.1, 0.15) is 70.6 Å². The lowest BCUT2D eigenvalue weighted by Gasteiger charge is -2.40. The highest BCUT2D eigenvalue weighted by atomic mass is 15.1. The topological polar surface area (TPSA) is 29.3 Å². The van der Waals surface area contributed by atoms with Crippen LogP contribution in [-0.4, -0.2) is 30.1 Å². The highest BCUT2D eigenvalue weighted by Gasteiger charge is 2.37. The van der Waals surface area contributed by atoms with Crippen molar-refractivity contribution in [3.05, 3.63) is 0 Å². The third kappa shape index (κ3) is 2.75. The summed E-state index contributed by atoms with van der Waals surface area (Å²) in [6, 6.07) is 0. The number of piperidine rings is 1. The highest BCUT2D eigenvalue weighted by molar-refractivity contribution is 4.92. The lowest BCUT2D eigenvalue weighted by Crippen LogP contribution is -2.44. The second-order valence-electron chi connectivity index (χ2n) is 7.37. The summed E-state index contributed by atoms with van der Waals surface area (Å²) in [6.07, 6.45) is 15.4. The molecule has 0 unspecified atom stereocenters. The van der Waals surface area contributed by atoms with Gasteiger partial charge in [-0.2, -0.15) is 0 Å². The number of rotatable bonds is 3. The van der Waals surface area contributed by atoms with Crippen molar-refractivity contribution < 1.29 is 0 Å². The monoisotopic (exact) mass is 250 g/mol. The fraction of sp³-hybridized carbons (Fsp3) is 1.00. The van der Waals surface area contributed by atoms with Gasteiger partial charge in [-0.05, 0) is 70.0 Å². The number of hydrogen-bond acceptors (Lipinski definition) is 2. The Hall–Kier alpha value is -0.0800. The van der Waals surface area contributed by atoms with Crippen LogP contribution in [0.5, 0.6) is 0 Å². The van der Waals surface area contributed by atoms with Crippen LogP contribution in [0.25, 0.3) is 0 Å². The Bertz CT molecular complexity index is 265. The molecular weight excluding hydrogens is 220 g/mol. The molecule has 104 valence electrons. The maximum atomic E-state index is 6.47. The third-order valence-corrected chi connectivity index (χ3v) is 6.11. The Balaban J connectivity index is 1.43. The van der Waals surface area contributed by atoms with Gasteiger partial charge < -0.3 is 10.6 Å². The molecule has 1 aliphatic heterocycles. The van der Waals surface area contributed by atoms with Crippen LogP contribution >= 0.6 is 0 Å². The fourth-order valence-electron chi connectivity index (χ4n) is 4.59. The van der Waals surface area contributed by atoms with Crippen molar-refractivity contribution in [1.29, 1.82) is 0 Å². The molecule has 2 heteroatoms. The lowest BCUT2D eigenvalue weighted by molar-refractivity contribution is 0.102. The van der Waals surface area contributed by atoms with Crippen LogP contribution in [0.15, 0.2) is 0 Å². The summed E-state index contributed by atoms with van der Waals surface area (Å²) in [7, 11) is 0. The van der Waals surface area contributed by atoms with Crippen molar-refractivity contribution >= 4 is 0 Å². The van der Waals surface area contributed by atoms with Crippen molar-refractivity contribution in [2.75, 3.05) is 19.6 Å². The van der Waals surface area contributed by atoms with E-state index >= 15 is 0 Å². The Kier molecular flexibility index (Phi) is 3.68. The van der Waals surface area contributed by atoms with E-state index in [1.165, 1.54) is 90.3 Å². The van der Waals surface area contributed by atoms with E-state index in [0.29, 0.717) is 0 Å². The molecule has 0 aromatic carbocycles. The largest absolute Gasteiger partial charge is 0.325 e. The first-order valence-corrected chi connectivity index (χ1v) is 8.21. The van der Waals surface area contributed by atoms with Crippen molar-refractivity contribution in [3.8, 4) is 0 Å². The normalized spacial score (nSPS) is 31.2. The van der Waals surface area contributed by atoms with E-state index in [2.05, 4.69) is 4.90 Å². The standard InChI is InChI=1S/C16H30N2/c17-16(7-3-4-8-16)11-14-18-12-9-15(10-13-18)5-1-2-6-15/h1-14,17H2. The Morgan fingerprint density at radius 3 is 1.94 bits per heavy atom. The molecule has 0 bridgehead atoms. The SMILES string of the molecule is NC1(CCN2CCC3(CCCC3)CC2)CCCC1. The fourth-order valence-corrected chi connectivity index (χ4v) is 4.59. The molecule has 3 fully saturated rings. The van der Waals surface area contributed by atoms with E-state index in [1.54, 1.807) is 0 Å². The van der Waals surface area contributed by atoms with Gasteiger partial charge in [0.25, 0.3) is 0 Å². The van der Waals surface area contributed by atoms with Crippen LogP contribution in [0.3, 0.4) is 0 Å². The van der Waals surface area contributed by atoms with E-state index in [0.717, 1.165) is 5.41 Å². The van der Waals surface area contributed by atoms with Gasteiger partial charge in [0.15, 0.2) is 0 Å². The van der Waals surface area contributed by atoms with Crippen molar-refractivity contribution in [3.63, 3.8) is 0 Å². The quantitative estimate of drug-likeness (QED) is 0.832. The predicted octanol–water partition coefficient (Wildman–Crippen LogP) is 3.30. The Labute approximate surface area is 112 Å². The predicted molar refractivity (Wildman–Crippen MR) is 76.6 cm³/mol. The smallest absolute Gasteiger partial charge is 0.0166 e. The zero-order chi connectivity index (χ0) is 12.5. The molecule has 2 N–H and O–H groups in total.